The largest absolute Gasteiger partial charge is 0.311 e. The molecule has 2 unspecified atom stereocenters. The average molecular weight is 327 g/mol. The van der Waals surface area contributed by atoms with Gasteiger partial charge in [-0.1, -0.05) is 42.6 Å². The average Bonchev–Trinajstić information content (AvgIpc) is 3.28. The van der Waals surface area contributed by atoms with Gasteiger partial charge in [0.1, 0.15) is 0 Å². The van der Waals surface area contributed by atoms with Crippen LogP contribution in [0.15, 0.2) is 18.2 Å². The summed E-state index contributed by atoms with van der Waals surface area (Å²) in [6.07, 6.45) is 5.26. The van der Waals surface area contributed by atoms with Gasteiger partial charge in [-0.3, -0.25) is 4.90 Å². The van der Waals surface area contributed by atoms with Crippen LogP contribution in [0.3, 0.4) is 0 Å². The van der Waals surface area contributed by atoms with E-state index in [0.717, 1.165) is 30.6 Å². The van der Waals surface area contributed by atoms with E-state index in [0.29, 0.717) is 17.1 Å². The molecular weight excluding hydrogens is 303 g/mol. The Kier molecular flexibility index (Phi) is 5.11. The highest BCUT2D eigenvalue weighted by atomic mass is 35.5. The van der Waals surface area contributed by atoms with Crippen molar-refractivity contribution in [2.24, 2.45) is 5.92 Å². The van der Waals surface area contributed by atoms with Gasteiger partial charge < -0.3 is 5.32 Å². The molecule has 2 nitrogen and oxygen atoms in total. The van der Waals surface area contributed by atoms with Crippen molar-refractivity contribution in [3.8, 4) is 0 Å². The predicted octanol–water partition coefficient (Wildman–Crippen LogP) is 4.35. The number of hydrogen-bond donors (Lipinski definition) is 1. The van der Waals surface area contributed by atoms with Crippen molar-refractivity contribution in [3.63, 3.8) is 0 Å². The summed E-state index contributed by atoms with van der Waals surface area (Å²) in [6, 6.07) is 7.16. The molecule has 1 N–H and O–H groups in total. The third kappa shape index (κ3) is 3.92. The van der Waals surface area contributed by atoms with E-state index in [2.05, 4.69) is 23.2 Å². The second kappa shape index (κ2) is 6.87. The minimum Gasteiger partial charge on any atom is -0.311 e. The summed E-state index contributed by atoms with van der Waals surface area (Å²) in [7, 11) is 0. The number of benzene rings is 1. The van der Waals surface area contributed by atoms with E-state index in [1.54, 1.807) is 0 Å². The Morgan fingerprint density at radius 3 is 2.76 bits per heavy atom. The minimum absolute atomic E-state index is 0.622. The Morgan fingerprint density at radius 2 is 2.10 bits per heavy atom. The Morgan fingerprint density at radius 1 is 1.29 bits per heavy atom. The van der Waals surface area contributed by atoms with Crippen LogP contribution in [-0.4, -0.2) is 30.1 Å². The van der Waals surface area contributed by atoms with Crippen molar-refractivity contribution in [1.82, 2.24) is 10.2 Å². The second-order valence-corrected chi connectivity index (χ2v) is 7.30. The molecule has 0 bridgehead atoms. The maximum Gasteiger partial charge on any atom is 0.0465 e. The zero-order chi connectivity index (χ0) is 14.8. The van der Waals surface area contributed by atoms with Crippen molar-refractivity contribution in [2.45, 2.75) is 51.2 Å². The lowest BCUT2D eigenvalue weighted by Crippen LogP contribution is -2.56. The lowest BCUT2D eigenvalue weighted by molar-refractivity contribution is 0.108. The SMILES string of the molecule is CCCC1CNC(C2CC2)CN1Cc1ccc(Cl)cc1Cl. The van der Waals surface area contributed by atoms with Gasteiger partial charge in [0, 0.05) is 41.8 Å². The topological polar surface area (TPSA) is 15.3 Å². The Balaban J connectivity index is 1.71. The highest BCUT2D eigenvalue weighted by Gasteiger charge is 2.36. The lowest BCUT2D eigenvalue weighted by Gasteiger charge is -2.41. The molecule has 116 valence electrons. The normalized spacial score (nSPS) is 27.0. The van der Waals surface area contributed by atoms with E-state index < -0.39 is 0 Å². The maximum atomic E-state index is 6.36. The maximum absolute atomic E-state index is 6.36. The van der Waals surface area contributed by atoms with Crippen LogP contribution in [0.4, 0.5) is 0 Å². The van der Waals surface area contributed by atoms with Gasteiger partial charge in [-0.05, 0) is 42.9 Å². The van der Waals surface area contributed by atoms with Crippen molar-refractivity contribution in [3.05, 3.63) is 33.8 Å². The fourth-order valence-electron chi connectivity index (χ4n) is 3.38. The molecule has 0 aromatic heterocycles. The first kappa shape index (κ1) is 15.6. The summed E-state index contributed by atoms with van der Waals surface area (Å²) in [5.74, 6) is 0.899. The Labute approximate surface area is 137 Å². The zero-order valence-electron chi connectivity index (χ0n) is 12.6. The molecule has 1 saturated heterocycles. The lowest BCUT2D eigenvalue weighted by atomic mass is 10.0. The molecule has 1 heterocycles. The quantitative estimate of drug-likeness (QED) is 0.865. The van der Waals surface area contributed by atoms with Gasteiger partial charge in [0.15, 0.2) is 0 Å². The Hall–Kier alpha value is -0.280. The first-order valence-electron chi connectivity index (χ1n) is 8.08. The number of halogens is 2. The number of nitrogens with one attached hydrogen (secondary N) is 1. The number of hydrogen-bond acceptors (Lipinski definition) is 2. The summed E-state index contributed by atoms with van der Waals surface area (Å²) in [5.41, 5.74) is 1.19. The molecule has 1 aromatic rings. The third-order valence-corrected chi connectivity index (χ3v) is 5.35. The van der Waals surface area contributed by atoms with Crippen LogP contribution in [0.5, 0.6) is 0 Å². The zero-order valence-corrected chi connectivity index (χ0v) is 14.1. The monoisotopic (exact) mass is 326 g/mol. The molecule has 1 saturated carbocycles. The molecule has 3 rings (SSSR count). The van der Waals surface area contributed by atoms with Gasteiger partial charge in [-0.25, -0.2) is 0 Å². The molecule has 2 fully saturated rings. The van der Waals surface area contributed by atoms with E-state index in [4.69, 9.17) is 23.2 Å². The first-order valence-corrected chi connectivity index (χ1v) is 8.84. The van der Waals surface area contributed by atoms with Crippen LogP contribution < -0.4 is 5.32 Å². The van der Waals surface area contributed by atoms with Crippen LogP contribution in [0, 0.1) is 5.92 Å². The smallest absolute Gasteiger partial charge is 0.0465 e. The molecule has 0 amide bonds. The minimum atomic E-state index is 0.622. The van der Waals surface area contributed by atoms with Crippen molar-refractivity contribution in [2.75, 3.05) is 13.1 Å². The summed E-state index contributed by atoms with van der Waals surface area (Å²) < 4.78 is 0. The predicted molar refractivity (Wildman–Crippen MR) is 90.1 cm³/mol. The fourth-order valence-corrected chi connectivity index (χ4v) is 3.85. The first-order chi connectivity index (χ1) is 10.2. The summed E-state index contributed by atoms with van der Waals surface area (Å²) in [5, 5.41) is 5.26. The number of nitrogens with zero attached hydrogens (tertiary/aromatic N) is 1. The van der Waals surface area contributed by atoms with Crippen molar-refractivity contribution < 1.29 is 0 Å². The van der Waals surface area contributed by atoms with Gasteiger partial charge in [-0.15, -0.1) is 0 Å². The summed E-state index contributed by atoms with van der Waals surface area (Å²) >= 11 is 12.4. The Bertz CT molecular complexity index is 488. The summed E-state index contributed by atoms with van der Waals surface area (Å²) in [4.78, 5) is 2.62. The van der Waals surface area contributed by atoms with Gasteiger partial charge >= 0.3 is 0 Å². The van der Waals surface area contributed by atoms with Gasteiger partial charge in [0.2, 0.25) is 0 Å². The van der Waals surface area contributed by atoms with Crippen LogP contribution in [0.25, 0.3) is 0 Å². The standard InChI is InChI=1S/C17H24Cl2N2/c1-2-3-15-9-20-17(12-4-5-12)11-21(15)10-13-6-7-14(18)8-16(13)19/h6-8,12,15,17,20H,2-5,9-11H2,1H3. The van der Waals surface area contributed by atoms with Crippen molar-refractivity contribution in [1.29, 1.82) is 0 Å². The highest BCUT2D eigenvalue weighted by Crippen LogP contribution is 2.35. The third-order valence-electron chi connectivity index (χ3n) is 4.76. The molecule has 2 atom stereocenters. The fraction of sp³-hybridized carbons (Fsp3) is 0.647. The molecule has 0 radical (unpaired) electrons. The molecule has 4 heteroatoms. The number of rotatable bonds is 5. The van der Waals surface area contributed by atoms with E-state index in [1.807, 2.05) is 12.1 Å². The van der Waals surface area contributed by atoms with Crippen LogP contribution in [0.1, 0.15) is 38.2 Å². The van der Waals surface area contributed by atoms with Crippen LogP contribution >= 0.6 is 23.2 Å². The van der Waals surface area contributed by atoms with Gasteiger partial charge in [0.25, 0.3) is 0 Å². The summed E-state index contributed by atoms with van der Waals surface area (Å²) in [6.45, 7) is 5.46. The van der Waals surface area contributed by atoms with Gasteiger partial charge in [0.05, 0.1) is 0 Å². The van der Waals surface area contributed by atoms with Crippen LogP contribution in [-0.2, 0) is 6.54 Å². The molecule has 0 spiro atoms. The molecule has 1 aliphatic heterocycles. The van der Waals surface area contributed by atoms with E-state index in [-0.39, 0.29) is 0 Å². The van der Waals surface area contributed by atoms with E-state index in [1.165, 1.54) is 31.2 Å². The molecule has 21 heavy (non-hydrogen) atoms. The molecule has 2 aliphatic rings. The van der Waals surface area contributed by atoms with Crippen molar-refractivity contribution >= 4 is 23.2 Å². The number of piperazine rings is 1. The van der Waals surface area contributed by atoms with E-state index >= 15 is 0 Å². The molecule has 1 aliphatic carbocycles. The van der Waals surface area contributed by atoms with E-state index in [9.17, 15) is 0 Å². The highest BCUT2D eigenvalue weighted by molar-refractivity contribution is 6.35. The van der Waals surface area contributed by atoms with Gasteiger partial charge in [-0.2, -0.15) is 0 Å². The second-order valence-electron chi connectivity index (χ2n) is 6.46. The molecular formula is C17H24Cl2N2. The molecule has 1 aromatic carbocycles. The van der Waals surface area contributed by atoms with Crippen LogP contribution in [0.2, 0.25) is 10.0 Å².